The van der Waals surface area contributed by atoms with Gasteiger partial charge in [-0.3, -0.25) is 9.59 Å². The van der Waals surface area contributed by atoms with Crippen LogP contribution in [0, 0.1) is 0 Å². The highest BCUT2D eigenvalue weighted by molar-refractivity contribution is 5.76. The quantitative estimate of drug-likeness (QED) is 0.0321. The molecule has 0 aromatic carbocycles. The molecule has 0 aliphatic carbocycles. The number of amides is 1. The number of carbonyl (C=O) groups is 2. The highest BCUT2D eigenvalue weighted by atomic mass is 16.5. The molecule has 6 heteroatoms. The number of ether oxygens (including phenoxy) is 1. The van der Waals surface area contributed by atoms with E-state index in [0.717, 1.165) is 44.9 Å². The molecule has 0 heterocycles. The molecule has 2 unspecified atom stereocenters. The molecule has 0 fully saturated rings. The molecule has 0 rings (SSSR count). The number of allylic oxidation sites excluding steroid dienone is 3. The van der Waals surface area contributed by atoms with Gasteiger partial charge in [0.15, 0.2) is 0 Å². The Morgan fingerprint density at radius 1 is 0.386 bits per heavy atom. The Bertz CT molecular complexity index is 1090. The van der Waals surface area contributed by atoms with Gasteiger partial charge in [0.25, 0.3) is 0 Å². The van der Waals surface area contributed by atoms with Crippen LogP contribution >= 0.6 is 0 Å². The third-order valence-corrected chi connectivity index (χ3v) is 14.7. The van der Waals surface area contributed by atoms with Gasteiger partial charge in [-0.15, -0.1) is 0 Å². The maximum absolute atomic E-state index is 12.4. The number of nitrogens with one attached hydrogen (secondary N) is 1. The van der Waals surface area contributed by atoms with E-state index >= 15 is 0 Å². The normalized spacial score (nSPS) is 12.7. The molecule has 0 saturated heterocycles. The second-order valence-electron chi connectivity index (χ2n) is 21.7. The molecule has 3 N–H and O–H groups in total. The van der Waals surface area contributed by atoms with Crippen molar-refractivity contribution in [1.29, 1.82) is 0 Å². The average Bonchev–Trinajstić information content (AvgIpc) is 3.36. The molecule has 0 aromatic heterocycles. The van der Waals surface area contributed by atoms with Crippen LogP contribution in [0.2, 0.25) is 0 Å². The van der Waals surface area contributed by atoms with E-state index in [2.05, 4.69) is 31.3 Å². The van der Waals surface area contributed by atoms with Gasteiger partial charge in [-0.2, -0.15) is 0 Å². The molecule has 70 heavy (non-hydrogen) atoms. The van der Waals surface area contributed by atoms with Gasteiger partial charge in [0.05, 0.1) is 25.4 Å². The lowest BCUT2D eigenvalue weighted by atomic mass is 10.0. The number of carbonyl (C=O) groups excluding carboxylic acids is 2. The Labute approximate surface area is 437 Å². The molecule has 2 atom stereocenters. The van der Waals surface area contributed by atoms with Crippen molar-refractivity contribution in [3.63, 3.8) is 0 Å². The Kier molecular flexibility index (Phi) is 58.5. The summed E-state index contributed by atoms with van der Waals surface area (Å²) in [5, 5.41) is 23.0. The van der Waals surface area contributed by atoms with E-state index in [-0.39, 0.29) is 18.5 Å². The summed E-state index contributed by atoms with van der Waals surface area (Å²) in [6, 6.07) is -0.623. The minimum Gasteiger partial charge on any atom is -0.466 e. The molecule has 0 saturated carbocycles. The lowest BCUT2D eigenvalue weighted by Crippen LogP contribution is -2.45. The van der Waals surface area contributed by atoms with Crippen LogP contribution < -0.4 is 5.32 Å². The monoisotopic (exact) mass is 986 g/mol. The zero-order valence-corrected chi connectivity index (χ0v) is 47.3. The zero-order chi connectivity index (χ0) is 50.7. The van der Waals surface area contributed by atoms with E-state index < -0.39 is 12.1 Å². The topological polar surface area (TPSA) is 95.9 Å². The van der Waals surface area contributed by atoms with Crippen molar-refractivity contribution in [3.05, 3.63) is 24.3 Å². The fraction of sp³-hybridized carbons (Fsp3) is 0.906. The maximum Gasteiger partial charge on any atom is 0.305 e. The number of unbranched alkanes of at least 4 members (excludes halogenated alkanes) is 46. The van der Waals surface area contributed by atoms with Crippen molar-refractivity contribution >= 4 is 11.9 Å². The highest BCUT2D eigenvalue weighted by Crippen LogP contribution is 2.18. The minimum atomic E-state index is -0.840. The van der Waals surface area contributed by atoms with Gasteiger partial charge < -0.3 is 20.3 Å². The summed E-state index contributed by atoms with van der Waals surface area (Å²) in [6.07, 6.45) is 73.8. The number of esters is 1. The Morgan fingerprint density at radius 3 is 1.01 bits per heavy atom. The summed E-state index contributed by atoms with van der Waals surface area (Å²) in [4.78, 5) is 24.5. The fourth-order valence-electron chi connectivity index (χ4n) is 9.87. The Hall–Kier alpha value is -1.66. The third kappa shape index (κ3) is 55.7. The number of rotatable bonds is 59. The Morgan fingerprint density at radius 2 is 0.671 bits per heavy atom. The van der Waals surface area contributed by atoms with Crippen molar-refractivity contribution in [2.45, 2.75) is 360 Å². The van der Waals surface area contributed by atoms with E-state index in [1.807, 2.05) is 6.08 Å². The van der Waals surface area contributed by atoms with Crippen LogP contribution in [0.4, 0.5) is 0 Å². The molecule has 0 aromatic rings. The molecule has 0 aliphatic heterocycles. The van der Waals surface area contributed by atoms with Crippen LogP contribution in [0.1, 0.15) is 348 Å². The van der Waals surface area contributed by atoms with Gasteiger partial charge in [0, 0.05) is 12.8 Å². The molecule has 6 nitrogen and oxygen atoms in total. The van der Waals surface area contributed by atoms with Crippen molar-refractivity contribution in [2.24, 2.45) is 0 Å². The van der Waals surface area contributed by atoms with Gasteiger partial charge in [0.1, 0.15) is 0 Å². The number of aliphatic hydroxyl groups is 2. The smallest absolute Gasteiger partial charge is 0.305 e. The Balaban J connectivity index is 3.33. The molecule has 1 amide bonds. The lowest BCUT2D eigenvalue weighted by molar-refractivity contribution is -0.143. The van der Waals surface area contributed by atoms with Crippen LogP contribution in [0.15, 0.2) is 24.3 Å². The molecular weight excluding hydrogens is 863 g/mol. The SMILES string of the molecule is CCCCCCCCC/C=C\CCCCCCCC(=O)OCCCCCCCCCCCCCCCCCCCCCCCCCCCCCC(=O)NC(CO)C(O)/C=C/CCCCCCCCCC. The van der Waals surface area contributed by atoms with Crippen LogP contribution in [-0.4, -0.2) is 47.4 Å². The van der Waals surface area contributed by atoms with E-state index in [4.69, 9.17) is 4.74 Å². The van der Waals surface area contributed by atoms with E-state index in [0.29, 0.717) is 19.4 Å². The first-order valence-corrected chi connectivity index (χ1v) is 31.6. The van der Waals surface area contributed by atoms with Crippen LogP contribution in [0.5, 0.6) is 0 Å². The van der Waals surface area contributed by atoms with Crippen molar-refractivity contribution in [2.75, 3.05) is 13.2 Å². The van der Waals surface area contributed by atoms with E-state index in [1.165, 1.54) is 276 Å². The van der Waals surface area contributed by atoms with Gasteiger partial charge >= 0.3 is 5.97 Å². The highest BCUT2D eigenvalue weighted by Gasteiger charge is 2.18. The van der Waals surface area contributed by atoms with E-state index in [1.54, 1.807) is 6.08 Å². The first-order chi connectivity index (χ1) is 34.5. The van der Waals surface area contributed by atoms with Crippen LogP contribution in [0.25, 0.3) is 0 Å². The van der Waals surface area contributed by atoms with Crippen molar-refractivity contribution in [3.8, 4) is 0 Å². The first-order valence-electron chi connectivity index (χ1n) is 31.6. The molecule has 414 valence electrons. The molecule has 0 bridgehead atoms. The van der Waals surface area contributed by atoms with Gasteiger partial charge in [-0.1, -0.05) is 301 Å². The predicted octanol–water partition coefficient (Wildman–Crippen LogP) is 19.8. The summed E-state index contributed by atoms with van der Waals surface area (Å²) >= 11 is 0. The minimum absolute atomic E-state index is 0.0105. The van der Waals surface area contributed by atoms with Crippen molar-refractivity contribution in [1.82, 2.24) is 5.32 Å². The summed E-state index contributed by atoms with van der Waals surface area (Å²) in [5.74, 6) is -0.0557. The maximum atomic E-state index is 12.4. The number of aliphatic hydroxyl groups excluding tert-OH is 2. The van der Waals surface area contributed by atoms with Gasteiger partial charge in [0.2, 0.25) is 5.91 Å². The third-order valence-electron chi connectivity index (χ3n) is 14.7. The summed E-state index contributed by atoms with van der Waals surface area (Å²) < 4.78 is 5.49. The molecular formula is C64H123NO5. The standard InChI is InChI=1S/C64H123NO5/c1-3-5-7-9-11-13-15-16-17-32-35-38-42-46-50-54-58-64(69)70-59-55-51-47-43-39-36-33-30-28-26-24-22-20-18-19-21-23-25-27-29-31-34-37-41-45-49-53-57-63(68)65-61(60-66)62(67)56-52-48-44-40-14-12-10-8-6-4-2/h17,32,52,56,61-62,66-67H,3-16,18-31,33-51,53-55,57-60H2,1-2H3,(H,65,68)/b32-17-,56-52+. The predicted molar refractivity (Wildman–Crippen MR) is 306 cm³/mol. The molecule has 0 radical (unpaired) electrons. The molecule has 0 spiro atoms. The van der Waals surface area contributed by atoms with E-state index in [9.17, 15) is 19.8 Å². The zero-order valence-electron chi connectivity index (χ0n) is 47.3. The number of hydrogen-bond acceptors (Lipinski definition) is 5. The van der Waals surface area contributed by atoms with Gasteiger partial charge in [-0.05, 0) is 57.8 Å². The average molecular weight is 987 g/mol. The fourth-order valence-corrected chi connectivity index (χ4v) is 9.87. The van der Waals surface area contributed by atoms with Gasteiger partial charge in [-0.25, -0.2) is 0 Å². The largest absolute Gasteiger partial charge is 0.466 e. The van der Waals surface area contributed by atoms with Crippen LogP contribution in [-0.2, 0) is 14.3 Å². The summed E-state index contributed by atoms with van der Waals surface area (Å²) in [6.45, 7) is 4.90. The second kappa shape index (κ2) is 59.9. The molecule has 0 aliphatic rings. The second-order valence-corrected chi connectivity index (χ2v) is 21.7. The lowest BCUT2D eigenvalue weighted by Gasteiger charge is -2.20. The first kappa shape index (κ1) is 68.3. The number of hydrogen-bond donors (Lipinski definition) is 3. The van der Waals surface area contributed by atoms with Crippen molar-refractivity contribution < 1.29 is 24.5 Å². The summed E-state index contributed by atoms with van der Waals surface area (Å²) in [5.41, 5.74) is 0. The summed E-state index contributed by atoms with van der Waals surface area (Å²) in [7, 11) is 0. The van der Waals surface area contributed by atoms with Crippen LogP contribution in [0.3, 0.4) is 0 Å².